The van der Waals surface area contributed by atoms with Gasteiger partial charge in [-0.05, 0) is 6.07 Å². The maximum Gasteiger partial charge on any atom is 0.298 e. The highest BCUT2D eigenvalue weighted by Gasteiger charge is 2.16. The Morgan fingerprint density at radius 1 is 1.69 bits per heavy atom. The lowest BCUT2D eigenvalue weighted by atomic mass is 10.3. The van der Waals surface area contributed by atoms with Gasteiger partial charge in [-0.3, -0.25) is 10.1 Å². The van der Waals surface area contributed by atoms with Gasteiger partial charge in [-0.15, -0.1) is 0 Å². The van der Waals surface area contributed by atoms with E-state index in [1.807, 2.05) is 0 Å². The standard InChI is InChI=1S/C6H7N5O2/c7-6(10-8)5-4(11(12)13)2-1-3-9-5/h1-3H,8H2,(H2,7,10). The van der Waals surface area contributed by atoms with E-state index < -0.39 is 4.92 Å². The van der Waals surface area contributed by atoms with Crippen LogP contribution in [0.1, 0.15) is 5.69 Å². The number of nitrogens with zero attached hydrogens (tertiary/aromatic N) is 3. The molecule has 0 atom stereocenters. The van der Waals surface area contributed by atoms with Crippen molar-refractivity contribution in [1.29, 1.82) is 0 Å². The SMILES string of the molecule is N/N=C(\N)c1ncccc1[N+](=O)[O-]. The summed E-state index contributed by atoms with van der Waals surface area (Å²) < 4.78 is 0. The van der Waals surface area contributed by atoms with E-state index in [2.05, 4.69) is 10.1 Å². The number of pyridine rings is 1. The second-order valence-electron chi connectivity index (χ2n) is 2.14. The monoisotopic (exact) mass is 181 g/mol. The molecule has 7 heteroatoms. The maximum absolute atomic E-state index is 10.5. The van der Waals surface area contributed by atoms with Crippen LogP contribution in [0.3, 0.4) is 0 Å². The Labute approximate surface area is 73.2 Å². The fraction of sp³-hybridized carbons (Fsp3) is 0. The van der Waals surface area contributed by atoms with Crippen molar-refractivity contribution in [1.82, 2.24) is 4.98 Å². The van der Waals surface area contributed by atoms with E-state index in [1.165, 1.54) is 18.3 Å². The van der Waals surface area contributed by atoms with Crippen molar-refractivity contribution in [2.24, 2.45) is 16.7 Å². The fourth-order valence-corrected chi connectivity index (χ4v) is 0.803. The first-order chi connectivity index (χ1) is 6.16. The smallest absolute Gasteiger partial charge is 0.298 e. The molecular formula is C6H7N5O2. The van der Waals surface area contributed by atoms with Crippen LogP contribution < -0.4 is 11.6 Å². The van der Waals surface area contributed by atoms with Crippen LogP contribution >= 0.6 is 0 Å². The Kier molecular flexibility index (Phi) is 2.38. The van der Waals surface area contributed by atoms with Gasteiger partial charge in [0.15, 0.2) is 11.5 Å². The molecule has 0 fully saturated rings. The quantitative estimate of drug-likeness (QED) is 0.211. The summed E-state index contributed by atoms with van der Waals surface area (Å²) >= 11 is 0. The molecule has 1 aromatic rings. The van der Waals surface area contributed by atoms with Gasteiger partial charge in [0.1, 0.15) is 0 Å². The summed E-state index contributed by atoms with van der Waals surface area (Å²) in [4.78, 5) is 13.6. The number of amidine groups is 1. The highest BCUT2D eigenvalue weighted by molar-refractivity contribution is 5.98. The number of hydrogen-bond donors (Lipinski definition) is 2. The van der Waals surface area contributed by atoms with Gasteiger partial charge in [0.05, 0.1) is 4.92 Å². The number of rotatable bonds is 2. The number of aromatic nitrogens is 1. The highest BCUT2D eigenvalue weighted by atomic mass is 16.6. The fourth-order valence-electron chi connectivity index (χ4n) is 0.803. The van der Waals surface area contributed by atoms with Crippen molar-refractivity contribution in [3.63, 3.8) is 0 Å². The predicted octanol–water partition coefficient (Wildman–Crippen LogP) is -0.431. The molecule has 1 heterocycles. The third kappa shape index (κ3) is 1.70. The molecule has 0 aliphatic heterocycles. The summed E-state index contributed by atoms with van der Waals surface area (Å²) in [7, 11) is 0. The molecule has 0 aromatic carbocycles. The van der Waals surface area contributed by atoms with Crippen LogP contribution in [0.2, 0.25) is 0 Å². The third-order valence-corrected chi connectivity index (χ3v) is 1.36. The van der Waals surface area contributed by atoms with E-state index in [1.54, 1.807) is 0 Å². The van der Waals surface area contributed by atoms with Gasteiger partial charge >= 0.3 is 0 Å². The number of nitro groups is 1. The lowest BCUT2D eigenvalue weighted by molar-refractivity contribution is -0.385. The Morgan fingerprint density at radius 2 is 2.38 bits per heavy atom. The summed E-state index contributed by atoms with van der Waals surface area (Å²) in [5.74, 6) is 4.71. The average molecular weight is 181 g/mol. The minimum absolute atomic E-state index is 0.0185. The molecule has 0 spiro atoms. The zero-order chi connectivity index (χ0) is 9.84. The second-order valence-corrected chi connectivity index (χ2v) is 2.14. The minimum atomic E-state index is -0.597. The van der Waals surface area contributed by atoms with Gasteiger partial charge < -0.3 is 11.6 Å². The molecule has 1 aromatic heterocycles. The van der Waals surface area contributed by atoms with Gasteiger partial charge in [0.2, 0.25) is 0 Å². The lowest BCUT2D eigenvalue weighted by Crippen LogP contribution is -2.18. The lowest BCUT2D eigenvalue weighted by Gasteiger charge is -1.98. The highest BCUT2D eigenvalue weighted by Crippen LogP contribution is 2.13. The topological polar surface area (TPSA) is 120 Å². The van der Waals surface area contributed by atoms with Gasteiger partial charge in [0, 0.05) is 12.3 Å². The molecule has 0 bridgehead atoms. The van der Waals surface area contributed by atoms with Gasteiger partial charge in [-0.1, -0.05) is 0 Å². The minimum Gasteiger partial charge on any atom is -0.380 e. The van der Waals surface area contributed by atoms with Crippen molar-refractivity contribution in [3.05, 3.63) is 34.1 Å². The Balaban J connectivity index is 3.28. The van der Waals surface area contributed by atoms with E-state index >= 15 is 0 Å². The molecule has 68 valence electrons. The number of hydrogen-bond acceptors (Lipinski definition) is 5. The molecule has 0 saturated heterocycles. The van der Waals surface area contributed by atoms with E-state index in [9.17, 15) is 10.1 Å². The van der Waals surface area contributed by atoms with Crippen molar-refractivity contribution in [2.75, 3.05) is 0 Å². The van der Waals surface area contributed by atoms with Gasteiger partial charge in [0.25, 0.3) is 5.69 Å². The summed E-state index contributed by atoms with van der Waals surface area (Å²) in [6, 6.07) is 2.71. The van der Waals surface area contributed by atoms with Crippen LogP contribution in [-0.4, -0.2) is 15.7 Å². The van der Waals surface area contributed by atoms with Gasteiger partial charge in [-0.2, -0.15) is 5.10 Å². The van der Waals surface area contributed by atoms with Crippen LogP contribution in [0.25, 0.3) is 0 Å². The predicted molar refractivity (Wildman–Crippen MR) is 45.8 cm³/mol. The Hall–Kier alpha value is -2.18. The first-order valence-electron chi connectivity index (χ1n) is 3.30. The zero-order valence-electron chi connectivity index (χ0n) is 6.54. The van der Waals surface area contributed by atoms with E-state index in [0.29, 0.717) is 0 Å². The first-order valence-corrected chi connectivity index (χ1v) is 3.30. The van der Waals surface area contributed by atoms with Crippen LogP contribution in [-0.2, 0) is 0 Å². The summed E-state index contributed by atoms with van der Waals surface area (Å²) in [5, 5.41) is 13.6. The zero-order valence-corrected chi connectivity index (χ0v) is 6.54. The molecule has 0 saturated carbocycles. The van der Waals surface area contributed by atoms with Crippen molar-refractivity contribution < 1.29 is 4.92 Å². The number of nitrogens with two attached hydrogens (primary N) is 2. The number of hydrazone groups is 1. The van der Waals surface area contributed by atoms with Crippen LogP contribution in [0, 0.1) is 10.1 Å². The molecule has 13 heavy (non-hydrogen) atoms. The van der Waals surface area contributed by atoms with E-state index in [-0.39, 0.29) is 17.2 Å². The third-order valence-electron chi connectivity index (χ3n) is 1.36. The van der Waals surface area contributed by atoms with Gasteiger partial charge in [-0.25, -0.2) is 4.98 Å². The van der Waals surface area contributed by atoms with Crippen LogP contribution in [0.5, 0.6) is 0 Å². The van der Waals surface area contributed by atoms with Crippen molar-refractivity contribution in [3.8, 4) is 0 Å². The summed E-state index contributed by atoms with van der Waals surface area (Å²) in [6.07, 6.45) is 1.38. The van der Waals surface area contributed by atoms with Crippen molar-refractivity contribution in [2.45, 2.75) is 0 Å². The van der Waals surface area contributed by atoms with E-state index in [0.717, 1.165) is 0 Å². The molecule has 7 nitrogen and oxygen atoms in total. The normalized spacial score (nSPS) is 11.2. The Bertz CT molecular complexity index is 362. The molecule has 0 aliphatic rings. The molecule has 4 N–H and O–H groups in total. The molecule has 0 aliphatic carbocycles. The second kappa shape index (κ2) is 3.48. The maximum atomic E-state index is 10.5. The summed E-state index contributed by atoms with van der Waals surface area (Å²) in [5.41, 5.74) is 5.06. The largest absolute Gasteiger partial charge is 0.380 e. The molecule has 0 radical (unpaired) electrons. The summed E-state index contributed by atoms with van der Waals surface area (Å²) in [6.45, 7) is 0. The van der Waals surface area contributed by atoms with Crippen LogP contribution in [0.4, 0.5) is 5.69 Å². The van der Waals surface area contributed by atoms with Crippen LogP contribution in [0.15, 0.2) is 23.4 Å². The molecule has 1 rings (SSSR count). The average Bonchev–Trinajstić information content (AvgIpc) is 2.16. The Morgan fingerprint density at radius 3 is 2.92 bits per heavy atom. The molecule has 0 unspecified atom stereocenters. The molecular weight excluding hydrogens is 174 g/mol. The first kappa shape index (κ1) is 8.91. The van der Waals surface area contributed by atoms with Crippen molar-refractivity contribution >= 4 is 11.5 Å². The molecule has 0 amide bonds. The van der Waals surface area contributed by atoms with E-state index in [4.69, 9.17) is 11.6 Å².